The van der Waals surface area contributed by atoms with Crippen LogP contribution in [-0.2, 0) is 27.4 Å². The van der Waals surface area contributed by atoms with E-state index < -0.39 is 0 Å². The second kappa shape index (κ2) is 16.1. The van der Waals surface area contributed by atoms with Crippen LogP contribution >= 0.6 is 0 Å². The summed E-state index contributed by atoms with van der Waals surface area (Å²) >= 11 is 0. The average Bonchev–Trinajstić information content (AvgIpc) is 3.02. The summed E-state index contributed by atoms with van der Waals surface area (Å²) in [6.45, 7) is 12.1. The number of nitrogens with one attached hydrogen (secondary N) is 1. The number of benzene rings is 4. The van der Waals surface area contributed by atoms with Gasteiger partial charge in [-0.3, -0.25) is 0 Å². The fraction of sp³-hybridized carbons (Fsp3) is 0.270. The number of ether oxygens (including phenoxy) is 3. The SMILES string of the molecule is CN=C(Nc1cc(C)c(C(=O)OCc2ccccc2C)cc1C)OC.Cc1cc(C(=O)OCc2ccccc2C)c(C)cc1N. The zero-order valence-corrected chi connectivity index (χ0v) is 27.4. The molecule has 0 aliphatic heterocycles. The van der Waals surface area contributed by atoms with E-state index in [4.69, 9.17) is 19.9 Å². The number of aliphatic imine (C=N–C) groups is 1. The summed E-state index contributed by atoms with van der Waals surface area (Å²) in [6.07, 6.45) is 0. The molecule has 0 amide bonds. The lowest BCUT2D eigenvalue weighted by molar-refractivity contribution is 0.0462. The normalized spacial score (nSPS) is 10.8. The van der Waals surface area contributed by atoms with Crippen LogP contribution in [-0.4, -0.2) is 32.1 Å². The molecule has 45 heavy (non-hydrogen) atoms. The average molecular weight is 610 g/mol. The Bertz CT molecular complexity index is 1690. The molecule has 0 spiro atoms. The third-order valence-corrected chi connectivity index (χ3v) is 7.50. The third-order valence-electron chi connectivity index (χ3n) is 7.50. The Kier molecular flexibility index (Phi) is 12.3. The van der Waals surface area contributed by atoms with Gasteiger partial charge in [-0.25, -0.2) is 14.6 Å². The van der Waals surface area contributed by atoms with Gasteiger partial charge in [-0.1, -0.05) is 48.5 Å². The van der Waals surface area contributed by atoms with Gasteiger partial charge in [-0.05, 0) is 110 Å². The molecule has 4 rings (SSSR count). The molecule has 0 aliphatic rings. The lowest BCUT2D eigenvalue weighted by Crippen LogP contribution is -2.16. The predicted octanol–water partition coefficient (Wildman–Crippen LogP) is 7.56. The number of hydrogen-bond acceptors (Lipinski definition) is 7. The van der Waals surface area contributed by atoms with E-state index in [0.29, 0.717) is 22.8 Å². The summed E-state index contributed by atoms with van der Waals surface area (Å²) in [7, 11) is 3.19. The van der Waals surface area contributed by atoms with Crippen molar-refractivity contribution in [3.05, 3.63) is 128 Å². The molecule has 0 unspecified atom stereocenters. The van der Waals surface area contributed by atoms with Crippen LogP contribution in [0.3, 0.4) is 0 Å². The van der Waals surface area contributed by atoms with Crippen LogP contribution in [0.25, 0.3) is 0 Å². The number of anilines is 2. The summed E-state index contributed by atoms with van der Waals surface area (Å²) < 4.78 is 16.0. The van der Waals surface area contributed by atoms with E-state index in [2.05, 4.69) is 10.3 Å². The highest BCUT2D eigenvalue weighted by atomic mass is 16.5. The van der Waals surface area contributed by atoms with Gasteiger partial charge in [0.25, 0.3) is 6.02 Å². The first-order valence-electron chi connectivity index (χ1n) is 14.6. The van der Waals surface area contributed by atoms with Crippen LogP contribution in [0.1, 0.15) is 65.2 Å². The van der Waals surface area contributed by atoms with Crippen LogP contribution in [0.4, 0.5) is 11.4 Å². The van der Waals surface area contributed by atoms with Gasteiger partial charge in [0.05, 0.1) is 18.2 Å². The van der Waals surface area contributed by atoms with Gasteiger partial charge in [-0.2, -0.15) is 0 Å². The molecule has 4 aromatic carbocycles. The van der Waals surface area contributed by atoms with Crippen LogP contribution < -0.4 is 11.1 Å². The second-order valence-corrected chi connectivity index (χ2v) is 10.9. The van der Waals surface area contributed by atoms with E-state index in [1.165, 1.54) is 0 Å². The first kappa shape index (κ1) is 34.4. The molecule has 0 bridgehead atoms. The largest absolute Gasteiger partial charge is 0.468 e. The van der Waals surface area contributed by atoms with Gasteiger partial charge in [0.2, 0.25) is 0 Å². The highest BCUT2D eigenvalue weighted by Crippen LogP contribution is 2.23. The number of nitrogen functional groups attached to an aromatic ring is 1. The molecule has 8 nitrogen and oxygen atoms in total. The molecule has 8 heteroatoms. The number of aryl methyl sites for hydroxylation is 6. The molecule has 0 aromatic heterocycles. The van der Waals surface area contributed by atoms with Crippen LogP contribution in [0, 0.1) is 41.5 Å². The smallest absolute Gasteiger partial charge is 0.338 e. The number of carbonyl (C=O) groups is 2. The molecule has 0 aliphatic carbocycles. The van der Waals surface area contributed by atoms with Crippen molar-refractivity contribution >= 4 is 29.3 Å². The zero-order valence-electron chi connectivity index (χ0n) is 27.4. The van der Waals surface area contributed by atoms with Crippen molar-refractivity contribution in [2.75, 3.05) is 25.2 Å². The number of methoxy groups -OCH3 is 1. The van der Waals surface area contributed by atoms with Crippen molar-refractivity contribution in [2.24, 2.45) is 4.99 Å². The van der Waals surface area contributed by atoms with Gasteiger partial charge in [0.15, 0.2) is 0 Å². The molecule has 0 saturated carbocycles. The van der Waals surface area contributed by atoms with E-state index in [0.717, 1.165) is 50.2 Å². The van der Waals surface area contributed by atoms with Gasteiger partial charge in [-0.15, -0.1) is 0 Å². The van der Waals surface area contributed by atoms with E-state index in [-0.39, 0.29) is 25.2 Å². The molecular formula is C37H43N3O5. The topological polar surface area (TPSA) is 112 Å². The molecule has 0 radical (unpaired) electrons. The first-order chi connectivity index (χ1) is 21.4. The van der Waals surface area contributed by atoms with E-state index in [1.54, 1.807) is 26.3 Å². The Morgan fingerprint density at radius 2 is 1.13 bits per heavy atom. The van der Waals surface area contributed by atoms with E-state index >= 15 is 0 Å². The maximum Gasteiger partial charge on any atom is 0.338 e. The molecule has 0 atom stereocenters. The fourth-order valence-electron chi connectivity index (χ4n) is 4.53. The highest BCUT2D eigenvalue weighted by molar-refractivity contribution is 5.94. The Labute approximate surface area is 266 Å². The fourth-order valence-corrected chi connectivity index (χ4v) is 4.53. The molecule has 0 fully saturated rings. The van der Waals surface area contributed by atoms with Crippen LogP contribution in [0.5, 0.6) is 0 Å². The van der Waals surface area contributed by atoms with Crippen molar-refractivity contribution in [3.8, 4) is 0 Å². The summed E-state index contributed by atoms with van der Waals surface area (Å²) in [4.78, 5) is 28.6. The van der Waals surface area contributed by atoms with Gasteiger partial charge in [0, 0.05) is 18.4 Å². The maximum atomic E-state index is 12.5. The third kappa shape index (κ3) is 9.44. The molecule has 0 heterocycles. The number of carbonyl (C=O) groups excluding carboxylic acids is 2. The maximum absolute atomic E-state index is 12.5. The van der Waals surface area contributed by atoms with Gasteiger partial charge >= 0.3 is 11.9 Å². The molecule has 236 valence electrons. The van der Waals surface area contributed by atoms with Crippen molar-refractivity contribution in [3.63, 3.8) is 0 Å². The monoisotopic (exact) mass is 609 g/mol. The molecule has 4 aromatic rings. The van der Waals surface area contributed by atoms with Crippen molar-refractivity contribution < 1.29 is 23.8 Å². The quantitative estimate of drug-likeness (QED) is 0.0962. The van der Waals surface area contributed by atoms with Gasteiger partial charge < -0.3 is 25.3 Å². The van der Waals surface area contributed by atoms with Crippen molar-refractivity contribution in [1.29, 1.82) is 0 Å². The van der Waals surface area contributed by atoms with Crippen molar-refractivity contribution in [2.45, 2.75) is 54.8 Å². The predicted molar refractivity (Wildman–Crippen MR) is 181 cm³/mol. The number of nitrogens with two attached hydrogens (primary N) is 1. The molecular weight excluding hydrogens is 566 g/mol. The number of amidine groups is 1. The minimum atomic E-state index is -0.327. The Morgan fingerprint density at radius 1 is 0.667 bits per heavy atom. The Morgan fingerprint density at radius 3 is 1.60 bits per heavy atom. The standard InChI is InChI=1S/C20H24N2O3.C17H19NO2/c1-13-8-6-7-9-16(13)12-25-19(23)17-10-15(3)18(11-14(17)2)22-20(21-4)24-5;1-11-6-4-5-7-14(11)10-20-17(19)15-8-13(3)16(18)9-12(15)2/h6-11H,12H2,1-5H3,(H,21,22);4-9H,10,18H2,1-3H3. The van der Waals surface area contributed by atoms with E-state index in [1.807, 2.05) is 102 Å². The summed E-state index contributed by atoms with van der Waals surface area (Å²) in [5.41, 5.74) is 16.2. The lowest BCUT2D eigenvalue weighted by Gasteiger charge is -2.14. The summed E-state index contributed by atoms with van der Waals surface area (Å²) in [5, 5.41) is 3.09. The molecule has 3 N–H and O–H groups in total. The number of esters is 2. The summed E-state index contributed by atoms with van der Waals surface area (Å²) in [6, 6.07) is 23.5. The second-order valence-electron chi connectivity index (χ2n) is 10.9. The van der Waals surface area contributed by atoms with E-state index in [9.17, 15) is 9.59 Å². The Hall–Kier alpha value is -5.11. The number of hydrogen-bond donors (Lipinski definition) is 2. The van der Waals surface area contributed by atoms with Crippen molar-refractivity contribution in [1.82, 2.24) is 0 Å². The first-order valence-corrected chi connectivity index (χ1v) is 14.6. The number of rotatable bonds is 7. The Balaban J connectivity index is 0.000000251. The zero-order chi connectivity index (χ0) is 33.1. The van der Waals surface area contributed by atoms with Crippen LogP contribution in [0.15, 0.2) is 77.8 Å². The summed E-state index contributed by atoms with van der Waals surface area (Å²) in [5.74, 6) is -0.639. The van der Waals surface area contributed by atoms with Crippen LogP contribution in [0.2, 0.25) is 0 Å². The molecule has 0 saturated heterocycles. The van der Waals surface area contributed by atoms with Gasteiger partial charge in [0.1, 0.15) is 13.2 Å². The minimum absolute atomic E-state index is 0.264. The highest BCUT2D eigenvalue weighted by Gasteiger charge is 2.15. The number of nitrogens with zero attached hydrogens (tertiary/aromatic N) is 1. The lowest BCUT2D eigenvalue weighted by atomic mass is 10.0. The minimum Gasteiger partial charge on any atom is -0.468 e.